The van der Waals surface area contributed by atoms with Gasteiger partial charge in [0.1, 0.15) is 11.5 Å². The van der Waals surface area contributed by atoms with Crippen molar-refractivity contribution in [2.75, 3.05) is 14.2 Å². The van der Waals surface area contributed by atoms with Crippen LogP contribution in [0.25, 0.3) is 11.1 Å². The van der Waals surface area contributed by atoms with Gasteiger partial charge in [-0.3, -0.25) is 0 Å². The molecule has 86 valence electrons. The topological polar surface area (TPSA) is 18.5 Å². The molecule has 1 aromatic heterocycles. The van der Waals surface area contributed by atoms with Gasteiger partial charge in [-0.25, -0.2) is 0 Å². The molecule has 3 rings (SSSR count). The molecular weight excluding hydrogens is 228 g/mol. The van der Waals surface area contributed by atoms with E-state index < -0.39 is 0 Å². The van der Waals surface area contributed by atoms with E-state index in [1.807, 2.05) is 6.07 Å². The fourth-order valence-electron chi connectivity index (χ4n) is 2.38. The van der Waals surface area contributed by atoms with Crippen LogP contribution in [-0.2, 0) is 6.42 Å². The van der Waals surface area contributed by atoms with E-state index in [1.165, 1.54) is 16.7 Å². The maximum absolute atomic E-state index is 5.33. The zero-order chi connectivity index (χ0) is 11.8. The summed E-state index contributed by atoms with van der Waals surface area (Å²) >= 11 is 0. The lowest BCUT2D eigenvalue weighted by atomic mass is 10.1. The Bertz CT molecular complexity index is 527. The molecule has 0 saturated carbocycles. The Hall–Kier alpha value is -1.61. The summed E-state index contributed by atoms with van der Waals surface area (Å²) in [6.07, 6.45) is 1.09. The number of methoxy groups -OCH3 is 2. The molecule has 0 unspecified atom stereocenters. The van der Waals surface area contributed by atoms with Gasteiger partial charge in [0.15, 0.2) is 0 Å². The Kier molecular flexibility index (Phi) is 2.48. The summed E-state index contributed by atoms with van der Waals surface area (Å²) < 4.78 is 10.6. The lowest BCUT2D eigenvalue weighted by Gasteiger charge is -2.06. The largest absolute Gasteiger partial charge is 0.497 e. The minimum Gasteiger partial charge on any atom is -0.497 e. The van der Waals surface area contributed by atoms with E-state index in [-0.39, 0.29) is 9.12 Å². The Balaban J connectivity index is 2.17. The summed E-state index contributed by atoms with van der Waals surface area (Å²) in [5.74, 6) is 1.92. The Morgan fingerprint density at radius 3 is 2.53 bits per heavy atom. The van der Waals surface area contributed by atoms with Crippen LogP contribution in [0.15, 0.2) is 29.9 Å². The highest BCUT2D eigenvalue weighted by atomic mass is 28.2. The van der Waals surface area contributed by atoms with E-state index in [4.69, 9.17) is 9.47 Å². The standard InChI is InChI=1S/C14H14O2Si/c1-15-10-4-3-9-5-14-13(12(9)6-10)7-11(16-2)8-17-14/h3-4,6-8,17H,5H2,1-2H3. The number of fused-ring (bicyclic) bond motifs is 3. The molecule has 2 nitrogen and oxygen atoms in total. The van der Waals surface area contributed by atoms with E-state index in [0.29, 0.717) is 0 Å². The monoisotopic (exact) mass is 242 g/mol. The van der Waals surface area contributed by atoms with E-state index in [0.717, 1.165) is 17.9 Å². The van der Waals surface area contributed by atoms with Crippen molar-refractivity contribution in [3.05, 3.63) is 40.7 Å². The average molecular weight is 242 g/mol. The zero-order valence-electron chi connectivity index (χ0n) is 9.99. The van der Waals surface area contributed by atoms with Crippen LogP contribution in [0, 0.1) is 0 Å². The van der Waals surface area contributed by atoms with Crippen LogP contribution < -0.4 is 9.47 Å². The van der Waals surface area contributed by atoms with Gasteiger partial charge in [-0.05, 0) is 47.0 Å². The maximum Gasteiger partial charge on any atom is 0.119 e. The molecule has 0 N–H and O–H groups in total. The zero-order valence-corrected chi connectivity index (χ0v) is 11.1. The van der Waals surface area contributed by atoms with Crippen LogP contribution in [0.4, 0.5) is 0 Å². The molecule has 1 heterocycles. The lowest BCUT2D eigenvalue weighted by Crippen LogP contribution is -1.90. The van der Waals surface area contributed by atoms with Crippen molar-refractivity contribution in [1.82, 2.24) is 0 Å². The number of ether oxygens (including phenoxy) is 2. The van der Waals surface area contributed by atoms with Gasteiger partial charge in [0.25, 0.3) is 0 Å². The minimum absolute atomic E-state index is 0.227. The molecule has 0 radical (unpaired) electrons. The summed E-state index contributed by atoms with van der Waals surface area (Å²) in [6, 6.07) is 8.49. The second-order valence-corrected chi connectivity index (χ2v) is 5.59. The van der Waals surface area contributed by atoms with Gasteiger partial charge < -0.3 is 9.47 Å². The van der Waals surface area contributed by atoms with E-state index in [1.54, 1.807) is 19.4 Å². The van der Waals surface area contributed by atoms with Crippen LogP contribution in [-0.4, -0.2) is 23.3 Å². The van der Waals surface area contributed by atoms with Crippen molar-refractivity contribution in [3.8, 4) is 22.6 Å². The first kappa shape index (κ1) is 10.5. The number of benzene rings is 1. The predicted octanol–water partition coefficient (Wildman–Crippen LogP) is 2.35. The highest BCUT2D eigenvalue weighted by molar-refractivity contribution is 6.34. The molecule has 0 saturated heterocycles. The first-order valence-corrected chi connectivity index (χ1v) is 6.90. The molecule has 17 heavy (non-hydrogen) atoms. The molecule has 1 aromatic carbocycles. The van der Waals surface area contributed by atoms with Gasteiger partial charge in [-0.1, -0.05) is 11.2 Å². The normalized spacial score (nSPS) is 11.9. The molecule has 0 bridgehead atoms. The van der Waals surface area contributed by atoms with Crippen molar-refractivity contribution >= 4 is 9.12 Å². The molecule has 0 spiro atoms. The van der Waals surface area contributed by atoms with Gasteiger partial charge in [-0.15, -0.1) is 0 Å². The highest BCUT2D eigenvalue weighted by Crippen LogP contribution is 2.38. The van der Waals surface area contributed by atoms with Crippen molar-refractivity contribution in [3.63, 3.8) is 0 Å². The summed E-state index contributed by atoms with van der Waals surface area (Å²) in [6.45, 7) is 0. The number of hydrogen-bond acceptors (Lipinski definition) is 2. The first-order chi connectivity index (χ1) is 8.31. The second kappa shape index (κ2) is 4.00. The van der Waals surface area contributed by atoms with Gasteiger partial charge in [0, 0.05) is 9.12 Å². The molecule has 0 amide bonds. The third-order valence-corrected chi connectivity index (χ3v) is 4.72. The Morgan fingerprint density at radius 2 is 1.76 bits per heavy atom. The van der Waals surface area contributed by atoms with Crippen LogP contribution in [0.3, 0.4) is 0 Å². The molecule has 1 aliphatic carbocycles. The third-order valence-electron chi connectivity index (χ3n) is 3.31. The number of hydrogen-bond donors (Lipinski definition) is 0. The van der Waals surface area contributed by atoms with E-state index in [9.17, 15) is 0 Å². The fraction of sp³-hybridized carbons (Fsp3) is 0.214. The molecule has 3 heteroatoms. The quantitative estimate of drug-likeness (QED) is 0.642. The molecule has 0 fully saturated rings. The van der Waals surface area contributed by atoms with Gasteiger partial charge in [-0.2, -0.15) is 0 Å². The number of rotatable bonds is 2. The lowest BCUT2D eigenvalue weighted by molar-refractivity contribution is 0.414. The van der Waals surface area contributed by atoms with Crippen molar-refractivity contribution in [2.45, 2.75) is 6.42 Å². The molecule has 0 atom stereocenters. The van der Waals surface area contributed by atoms with Gasteiger partial charge in [0.2, 0.25) is 0 Å². The maximum atomic E-state index is 5.33. The third kappa shape index (κ3) is 1.67. The summed E-state index contributed by atoms with van der Waals surface area (Å²) in [7, 11) is 3.67. The van der Waals surface area contributed by atoms with Crippen molar-refractivity contribution in [2.24, 2.45) is 0 Å². The van der Waals surface area contributed by atoms with Gasteiger partial charge in [0.05, 0.1) is 14.2 Å². The fourth-order valence-corrected chi connectivity index (χ4v) is 3.73. The Morgan fingerprint density at radius 1 is 1.00 bits per heavy atom. The van der Waals surface area contributed by atoms with Crippen LogP contribution >= 0.6 is 0 Å². The van der Waals surface area contributed by atoms with Crippen molar-refractivity contribution < 1.29 is 9.47 Å². The van der Waals surface area contributed by atoms with Crippen LogP contribution in [0.5, 0.6) is 11.5 Å². The van der Waals surface area contributed by atoms with Gasteiger partial charge >= 0.3 is 0 Å². The first-order valence-electron chi connectivity index (χ1n) is 5.66. The molecule has 2 aromatic rings. The van der Waals surface area contributed by atoms with Crippen molar-refractivity contribution in [1.29, 1.82) is 0 Å². The molecule has 1 aliphatic rings. The summed E-state index contributed by atoms with van der Waals surface area (Å²) in [5, 5.41) is 1.56. The predicted molar refractivity (Wildman–Crippen MR) is 70.5 cm³/mol. The minimum atomic E-state index is 0.227. The molecule has 0 aliphatic heterocycles. The second-order valence-electron chi connectivity index (χ2n) is 4.22. The van der Waals surface area contributed by atoms with E-state index >= 15 is 0 Å². The smallest absolute Gasteiger partial charge is 0.119 e. The highest BCUT2D eigenvalue weighted by Gasteiger charge is 2.19. The van der Waals surface area contributed by atoms with Crippen LogP contribution in [0.1, 0.15) is 10.7 Å². The summed E-state index contributed by atoms with van der Waals surface area (Å²) in [4.78, 5) is 0. The van der Waals surface area contributed by atoms with E-state index in [2.05, 4.69) is 23.9 Å². The summed E-state index contributed by atoms with van der Waals surface area (Å²) in [5.41, 5.74) is 6.30. The SMILES string of the molecule is COc1ccc2c(c1)-c1cc(OC)c[siH]c1C2. The molecular formula is C14H14O2Si. The Labute approximate surface area is 103 Å². The van der Waals surface area contributed by atoms with Crippen LogP contribution in [0.2, 0.25) is 0 Å². The average Bonchev–Trinajstić information content (AvgIpc) is 2.75.